The number of unbranched alkanes of at least 4 members (excludes halogenated alkanes) is 3. The van der Waals surface area contributed by atoms with E-state index in [9.17, 15) is 14.9 Å². The van der Waals surface area contributed by atoms with Gasteiger partial charge in [0.15, 0.2) is 5.78 Å². The van der Waals surface area contributed by atoms with Gasteiger partial charge in [-0.1, -0.05) is 50.8 Å². The van der Waals surface area contributed by atoms with Crippen molar-refractivity contribution in [3.63, 3.8) is 0 Å². The van der Waals surface area contributed by atoms with Crippen molar-refractivity contribution in [2.24, 2.45) is 0 Å². The van der Waals surface area contributed by atoms with E-state index < -0.39 is 10.5 Å². The van der Waals surface area contributed by atoms with Gasteiger partial charge in [-0.05, 0) is 37.6 Å². The molecule has 0 amide bonds. The lowest BCUT2D eigenvalue weighted by molar-refractivity contribution is -0.384. The molecule has 0 aromatic heterocycles. The molecule has 0 saturated heterocycles. The monoisotopic (exact) mass is 410 g/mol. The summed E-state index contributed by atoms with van der Waals surface area (Å²) >= 11 is 0. The molecule has 0 aliphatic carbocycles. The van der Waals surface area contributed by atoms with E-state index in [1.807, 2.05) is 37.3 Å². The van der Waals surface area contributed by atoms with Gasteiger partial charge >= 0.3 is 0 Å². The van der Waals surface area contributed by atoms with E-state index in [1.54, 1.807) is 7.11 Å². The fourth-order valence-corrected chi connectivity index (χ4v) is 3.20. The standard InChI is InChI=1S/C24H30N2O4/c1-4-5-6-10-17-24(2,30-3)23(25-20-11-8-7-9-12-20)18-22(27)19-13-15-21(16-14-19)26(28)29/h7-9,11-16,18,25H,4-6,10,17H2,1-3H3. The molecule has 0 aliphatic heterocycles. The second kappa shape index (κ2) is 11.3. The van der Waals surface area contributed by atoms with Crippen LogP contribution >= 0.6 is 0 Å². The van der Waals surface area contributed by atoms with E-state index in [0.29, 0.717) is 11.3 Å². The normalized spacial score (nSPS) is 13.5. The van der Waals surface area contributed by atoms with Crippen molar-refractivity contribution in [3.05, 3.63) is 82.0 Å². The number of carbonyl (C=O) groups excluding carboxylic acids is 1. The van der Waals surface area contributed by atoms with E-state index in [2.05, 4.69) is 12.2 Å². The quantitative estimate of drug-likeness (QED) is 0.149. The molecule has 0 radical (unpaired) electrons. The van der Waals surface area contributed by atoms with Crippen LogP contribution in [0.15, 0.2) is 66.4 Å². The highest BCUT2D eigenvalue weighted by molar-refractivity contribution is 6.05. The van der Waals surface area contributed by atoms with Crippen molar-refractivity contribution in [1.82, 2.24) is 0 Å². The summed E-state index contributed by atoms with van der Waals surface area (Å²) in [6, 6.07) is 15.3. The number of nitrogens with one attached hydrogen (secondary N) is 1. The summed E-state index contributed by atoms with van der Waals surface area (Å²) in [4.78, 5) is 23.3. The van der Waals surface area contributed by atoms with Crippen molar-refractivity contribution >= 4 is 17.2 Å². The minimum Gasteiger partial charge on any atom is -0.372 e. The molecule has 0 saturated carbocycles. The molecule has 0 aliphatic rings. The maximum Gasteiger partial charge on any atom is 0.269 e. The number of nitrogens with zero attached hydrogens (tertiary/aromatic N) is 1. The maximum absolute atomic E-state index is 12.9. The SMILES string of the molecule is CCCCCCC(C)(OC)C(=CC(=O)c1ccc([N+](=O)[O-])cc1)Nc1ccccc1. The second-order valence-corrected chi connectivity index (χ2v) is 7.46. The molecular formula is C24H30N2O4. The third-order valence-electron chi connectivity index (χ3n) is 5.22. The number of anilines is 1. The van der Waals surface area contributed by atoms with Crippen molar-refractivity contribution in [2.45, 2.75) is 51.6 Å². The van der Waals surface area contributed by atoms with Crippen LogP contribution in [-0.4, -0.2) is 23.4 Å². The second-order valence-electron chi connectivity index (χ2n) is 7.46. The van der Waals surface area contributed by atoms with Crippen molar-refractivity contribution in [2.75, 3.05) is 12.4 Å². The van der Waals surface area contributed by atoms with E-state index in [0.717, 1.165) is 37.8 Å². The first-order chi connectivity index (χ1) is 14.4. The molecule has 1 atom stereocenters. The summed E-state index contributed by atoms with van der Waals surface area (Å²) in [6.45, 7) is 4.14. The number of allylic oxidation sites excluding steroid dienone is 1. The van der Waals surface area contributed by atoms with Crippen LogP contribution in [0.3, 0.4) is 0 Å². The molecule has 0 spiro atoms. The third-order valence-corrected chi connectivity index (χ3v) is 5.22. The largest absolute Gasteiger partial charge is 0.372 e. The number of rotatable bonds is 12. The van der Waals surface area contributed by atoms with Gasteiger partial charge in [0.05, 0.1) is 10.6 Å². The zero-order valence-corrected chi connectivity index (χ0v) is 17.9. The number of nitro benzene ring substituents is 1. The smallest absolute Gasteiger partial charge is 0.269 e. The Morgan fingerprint density at radius 1 is 1.10 bits per heavy atom. The van der Waals surface area contributed by atoms with Crippen LogP contribution in [0.2, 0.25) is 0 Å². The molecule has 2 rings (SSSR count). The molecule has 1 N–H and O–H groups in total. The lowest BCUT2D eigenvalue weighted by Crippen LogP contribution is -2.34. The molecule has 0 heterocycles. The Morgan fingerprint density at radius 3 is 2.33 bits per heavy atom. The van der Waals surface area contributed by atoms with Gasteiger partial charge in [-0.3, -0.25) is 14.9 Å². The maximum atomic E-state index is 12.9. The molecule has 0 fully saturated rings. The molecule has 6 heteroatoms. The summed E-state index contributed by atoms with van der Waals surface area (Å²) in [5.41, 5.74) is 1.20. The van der Waals surface area contributed by atoms with Crippen molar-refractivity contribution < 1.29 is 14.5 Å². The number of para-hydroxylation sites is 1. The van der Waals surface area contributed by atoms with Gasteiger partial charge in [-0.2, -0.15) is 0 Å². The van der Waals surface area contributed by atoms with Gasteiger partial charge in [0.1, 0.15) is 5.60 Å². The highest BCUT2D eigenvalue weighted by atomic mass is 16.6. The Labute approximate surface area is 178 Å². The lowest BCUT2D eigenvalue weighted by atomic mass is 9.92. The number of carbonyl (C=O) groups is 1. The number of methoxy groups -OCH3 is 1. The first-order valence-corrected chi connectivity index (χ1v) is 10.3. The van der Waals surface area contributed by atoms with Crippen LogP contribution in [0.1, 0.15) is 56.3 Å². The van der Waals surface area contributed by atoms with Crippen LogP contribution in [0.5, 0.6) is 0 Å². The Morgan fingerprint density at radius 2 is 1.77 bits per heavy atom. The summed E-state index contributed by atoms with van der Waals surface area (Å²) in [5.74, 6) is -0.236. The average Bonchev–Trinajstić information content (AvgIpc) is 2.76. The number of ether oxygens (including phenoxy) is 1. The number of ketones is 1. The molecule has 160 valence electrons. The summed E-state index contributed by atoms with van der Waals surface area (Å²) in [6.07, 6.45) is 6.70. The Balaban J connectivity index is 2.33. The number of non-ortho nitro benzene ring substituents is 1. The first-order valence-electron chi connectivity index (χ1n) is 10.3. The Bertz CT molecular complexity index is 863. The van der Waals surface area contributed by atoms with E-state index in [-0.39, 0.29) is 11.5 Å². The van der Waals surface area contributed by atoms with Gasteiger partial charge in [-0.25, -0.2) is 0 Å². The predicted molar refractivity (Wildman–Crippen MR) is 120 cm³/mol. The van der Waals surface area contributed by atoms with Crippen molar-refractivity contribution in [3.8, 4) is 0 Å². The molecule has 2 aromatic rings. The topological polar surface area (TPSA) is 81.5 Å². The van der Waals surface area contributed by atoms with Gasteiger partial charge in [0, 0.05) is 36.6 Å². The van der Waals surface area contributed by atoms with Crippen LogP contribution in [-0.2, 0) is 4.74 Å². The number of hydrogen-bond donors (Lipinski definition) is 1. The minimum absolute atomic E-state index is 0.0455. The van der Waals surface area contributed by atoms with Gasteiger partial charge < -0.3 is 10.1 Å². The summed E-state index contributed by atoms with van der Waals surface area (Å²) in [5, 5.41) is 14.2. The van der Waals surface area contributed by atoms with Crippen LogP contribution in [0, 0.1) is 10.1 Å². The fourth-order valence-electron chi connectivity index (χ4n) is 3.20. The highest BCUT2D eigenvalue weighted by Crippen LogP contribution is 2.29. The Hall–Kier alpha value is -2.99. The number of nitro groups is 1. The van der Waals surface area contributed by atoms with Crippen LogP contribution < -0.4 is 5.32 Å². The minimum atomic E-state index is -0.667. The van der Waals surface area contributed by atoms with Crippen LogP contribution in [0.25, 0.3) is 0 Å². The van der Waals surface area contributed by atoms with Crippen LogP contribution in [0.4, 0.5) is 11.4 Å². The van der Waals surface area contributed by atoms with E-state index in [1.165, 1.54) is 30.3 Å². The van der Waals surface area contributed by atoms with E-state index >= 15 is 0 Å². The Kier molecular flexibility index (Phi) is 8.74. The zero-order chi connectivity index (χ0) is 22.0. The average molecular weight is 411 g/mol. The highest BCUT2D eigenvalue weighted by Gasteiger charge is 2.29. The molecule has 0 bridgehead atoms. The van der Waals surface area contributed by atoms with Crippen molar-refractivity contribution in [1.29, 1.82) is 0 Å². The molecule has 2 aromatic carbocycles. The van der Waals surface area contributed by atoms with Gasteiger partial charge in [-0.15, -0.1) is 0 Å². The fraction of sp³-hybridized carbons (Fsp3) is 0.375. The molecule has 6 nitrogen and oxygen atoms in total. The number of hydrogen-bond acceptors (Lipinski definition) is 5. The number of benzene rings is 2. The first kappa shape index (κ1) is 23.3. The molecular weight excluding hydrogens is 380 g/mol. The summed E-state index contributed by atoms with van der Waals surface area (Å²) < 4.78 is 5.87. The summed E-state index contributed by atoms with van der Waals surface area (Å²) in [7, 11) is 1.65. The molecule has 30 heavy (non-hydrogen) atoms. The lowest BCUT2D eigenvalue weighted by Gasteiger charge is -2.32. The zero-order valence-electron chi connectivity index (χ0n) is 17.9. The third kappa shape index (κ3) is 6.52. The van der Waals surface area contributed by atoms with Gasteiger partial charge in [0.25, 0.3) is 5.69 Å². The predicted octanol–water partition coefficient (Wildman–Crippen LogP) is 6.15. The van der Waals surface area contributed by atoms with E-state index in [4.69, 9.17) is 4.74 Å². The van der Waals surface area contributed by atoms with Gasteiger partial charge in [0.2, 0.25) is 0 Å². The molecule has 1 unspecified atom stereocenters.